The Morgan fingerprint density at radius 1 is 1.12 bits per heavy atom. The van der Waals surface area contributed by atoms with E-state index in [1.54, 1.807) is 22.5 Å². The number of aromatic nitrogens is 1. The lowest BCUT2D eigenvalue weighted by molar-refractivity contribution is -0.124. The fourth-order valence-corrected chi connectivity index (χ4v) is 4.80. The molecule has 1 aliphatic rings. The van der Waals surface area contributed by atoms with Crippen LogP contribution in [0.1, 0.15) is 39.7 Å². The fraction of sp³-hybridized carbons (Fsp3) is 0.500. The quantitative estimate of drug-likeness (QED) is 0.887. The number of hydrogen-bond donors (Lipinski definition) is 1. The Balaban J connectivity index is 1.92. The molecule has 1 aromatic heterocycles. The van der Waals surface area contributed by atoms with Crippen molar-refractivity contribution in [3.8, 4) is 0 Å². The van der Waals surface area contributed by atoms with Crippen LogP contribution in [-0.2, 0) is 14.8 Å². The molecule has 0 radical (unpaired) electrons. The molecule has 1 unspecified atom stereocenters. The Bertz CT molecular complexity index is 880. The lowest BCUT2D eigenvalue weighted by Crippen LogP contribution is -2.35. The summed E-state index contributed by atoms with van der Waals surface area (Å²) in [5.74, 6) is -0.0544. The Morgan fingerprint density at radius 2 is 1.80 bits per heavy atom. The normalized spacial score (nSPS) is 17.3. The summed E-state index contributed by atoms with van der Waals surface area (Å²) in [4.78, 5) is 12.6. The van der Waals surface area contributed by atoms with Crippen LogP contribution < -0.4 is 5.32 Å². The first-order chi connectivity index (χ1) is 11.8. The maximum Gasteiger partial charge on any atom is 0.243 e. The van der Waals surface area contributed by atoms with Crippen LogP contribution in [-0.4, -0.2) is 42.3 Å². The van der Waals surface area contributed by atoms with Crippen molar-refractivity contribution in [2.45, 2.75) is 50.6 Å². The van der Waals surface area contributed by atoms with Gasteiger partial charge in [-0.25, -0.2) is 8.42 Å². The van der Waals surface area contributed by atoms with Gasteiger partial charge in [-0.15, -0.1) is 0 Å². The standard InChI is InChI=1S/C18H25N3O3S/c1-13(2)19-18(22)14(3)21-11-8-15-12-16(6-7-17(15)21)25(23,24)20-9-4-5-10-20/h6-8,11-14H,4-5,9-10H2,1-3H3,(H,19,22). The van der Waals surface area contributed by atoms with Crippen LogP contribution in [0.5, 0.6) is 0 Å². The van der Waals surface area contributed by atoms with E-state index < -0.39 is 10.0 Å². The van der Waals surface area contributed by atoms with Crippen molar-refractivity contribution in [1.82, 2.24) is 14.2 Å². The van der Waals surface area contributed by atoms with E-state index in [1.807, 2.05) is 37.6 Å². The number of nitrogens with one attached hydrogen (secondary N) is 1. The van der Waals surface area contributed by atoms with Gasteiger partial charge in [-0.2, -0.15) is 4.31 Å². The maximum atomic E-state index is 12.7. The van der Waals surface area contributed by atoms with E-state index in [-0.39, 0.29) is 18.0 Å². The summed E-state index contributed by atoms with van der Waals surface area (Å²) >= 11 is 0. The number of fused-ring (bicyclic) bond motifs is 1. The van der Waals surface area contributed by atoms with Crippen molar-refractivity contribution in [3.63, 3.8) is 0 Å². The number of sulfonamides is 1. The molecular weight excluding hydrogens is 338 g/mol. The van der Waals surface area contributed by atoms with Gasteiger partial charge in [0.25, 0.3) is 0 Å². The third-order valence-electron chi connectivity index (χ3n) is 4.62. The van der Waals surface area contributed by atoms with Crippen molar-refractivity contribution >= 4 is 26.8 Å². The third-order valence-corrected chi connectivity index (χ3v) is 6.52. The van der Waals surface area contributed by atoms with Gasteiger partial charge in [0, 0.05) is 36.2 Å². The van der Waals surface area contributed by atoms with Gasteiger partial charge in [0.2, 0.25) is 15.9 Å². The fourth-order valence-electron chi connectivity index (χ4n) is 3.25. The smallest absolute Gasteiger partial charge is 0.243 e. The van der Waals surface area contributed by atoms with E-state index >= 15 is 0 Å². The zero-order valence-corrected chi connectivity index (χ0v) is 15.7. The van der Waals surface area contributed by atoms with Crippen molar-refractivity contribution in [3.05, 3.63) is 30.5 Å². The van der Waals surface area contributed by atoms with Gasteiger partial charge >= 0.3 is 0 Å². The number of nitrogens with zero attached hydrogens (tertiary/aromatic N) is 2. The molecule has 0 saturated carbocycles. The molecule has 3 rings (SSSR count). The molecule has 1 fully saturated rings. The highest BCUT2D eigenvalue weighted by atomic mass is 32.2. The van der Waals surface area contributed by atoms with Gasteiger partial charge in [-0.1, -0.05) is 0 Å². The van der Waals surface area contributed by atoms with Crippen LogP contribution in [0.4, 0.5) is 0 Å². The Hall–Kier alpha value is -1.86. The van der Waals surface area contributed by atoms with Gasteiger partial charge in [-0.05, 0) is 57.9 Å². The van der Waals surface area contributed by atoms with Crippen LogP contribution in [0.3, 0.4) is 0 Å². The zero-order valence-electron chi connectivity index (χ0n) is 14.9. The monoisotopic (exact) mass is 363 g/mol. The van der Waals surface area contributed by atoms with E-state index in [2.05, 4.69) is 5.32 Å². The molecule has 1 amide bonds. The molecule has 1 N–H and O–H groups in total. The van der Waals surface area contributed by atoms with Crippen LogP contribution in [0.25, 0.3) is 10.9 Å². The minimum Gasteiger partial charge on any atom is -0.352 e. The molecular formula is C18H25N3O3S. The van der Waals surface area contributed by atoms with Gasteiger partial charge in [0.15, 0.2) is 0 Å². The molecule has 136 valence electrons. The first-order valence-electron chi connectivity index (χ1n) is 8.72. The number of rotatable bonds is 5. The minimum absolute atomic E-state index is 0.0544. The highest BCUT2D eigenvalue weighted by Gasteiger charge is 2.27. The molecule has 25 heavy (non-hydrogen) atoms. The largest absolute Gasteiger partial charge is 0.352 e. The molecule has 1 aromatic carbocycles. The number of carbonyl (C=O) groups is 1. The summed E-state index contributed by atoms with van der Waals surface area (Å²) in [6.07, 6.45) is 3.67. The molecule has 2 aromatic rings. The second kappa shape index (κ2) is 6.80. The Kier molecular flexibility index (Phi) is 4.88. The van der Waals surface area contributed by atoms with Crippen LogP contribution >= 0.6 is 0 Å². The van der Waals surface area contributed by atoms with E-state index in [0.29, 0.717) is 18.0 Å². The van der Waals surface area contributed by atoms with Crippen LogP contribution in [0.15, 0.2) is 35.4 Å². The average molecular weight is 363 g/mol. The van der Waals surface area contributed by atoms with Crippen LogP contribution in [0, 0.1) is 0 Å². The van der Waals surface area contributed by atoms with Crippen molar-refractivity contribution in [1.29, 1.82) is 0 Å². The van der Waals surface area contributed by atoms with Gasteiger partial charge < -0.3 is 9.88 Å². The summed E-state index contributed by atoms with van der Waals surface area (Å²) in [5, 5.41) is 3.73. The predicted molar refractivity (Wildman–Crippen MR) is 97.9 cm³/mol. The SMILES string of the molecule is CC(C)NC(=O)C(C)n1ccc2cc(S(=O)(=O)N3CCCC3)ccc21. The average Bonchev–Trinajstić information content (AvgIpc) is 3.22. The van der Waals surface area contributed by atoms with Gasteiger partial charge in [-0.3, -0.25) is 4.79 Å². The lowest BCUT2D eigenvalue weighted by atomic mass is 10.2. The van der Waals surface area contributed by atoms with Gasteiger partial charge in [0.05, 0.1) is 4.90 Å². The molecule has 6 nitrogen and oxygen atoms in total. The minimum atomic E-state index is -3.43. The molecule has 0 spiro atoms. The van der Waals surface area contributed by atoms with E-state index in [9.17, 15) is 13.2 Å². The second-order valence-corrected chi connectivity index (χ2v) is 8.83. The molecule has 2 heterocycles. The van der Waals surface area contributed by atoms with Crippen molar-refractivity contribution in [2.75, 3.05) is 13.1 Å². The predicted octanol–water partition coefficient (Wildman–Crippen LogP) is 2.51. The third kappa shape index (κ3) is 3.43. The molecule has 0 aliphatic carbocycles. The number of hydrogen-bond acceptors (Lipinski definition) is 3. The number of benzene rings is 1. The van der Waals surface area contributed by atoms with E-state index in [0.717, 1.165) is 23.7 Å². The van der Waals surface area contributed by atoms with Gasteiger partial charge in [0.1, 0.15) is 6.04 Å². The highest BCUT2D eigenvalue weighted by molar-refractivity contribution is 7.89. The summed E-state index contributed by atoms with van der Waals surface area (Å²) in [5.41, 5.74) is 0.853. The Labute approximate surface area is 148 Å². The molecule has 1 aliphatic heterocycles. The lowest BCUT2D eigenvalue weighted by Gasteiger charge is -2.18. The van der Waals surface area contributed by atoms with Crippen molar-refractivity contribution in [2.24, 2.45) is 0 Å². The molecule has 1 saturated heterocycles. The number of amides is 1. The summed E-state index contributed by atoms with van der Waals surface area (Å²) in [6.45, 7) is 6.87. The number of carbonyl (C=O) groups excluding carboxylic acids is 1. The summed E-state index contributed by atoms with van der Waals surface area (Å²) in [7, 11) is -3.43. The topological polar surface area (TPSA) is 71.4 Å². The molecule has 7 heteroatoms. The van der Waals surface area contributed by atoms with Crippen LogP contribution in [0.2, 0.25) is 0 Å². The highest BCUT2D eigenvalue weighted by Crippen LogP contribution is 2.26. The van der Waals surface area contributed by atoms with E-state index in [4.69, 9.17) is 0 Å². The first kappa shape index (κ1) is 17.9. The summed E-state index contributed by atoms with van der Waals surface area (Å²) in [6, 6.07) is 6.70. The Morgan fingerprint density at radius 3 is 2.44 bits per heavy atom. The first-order valence-corrected chi connectivity index (χ1v) is 10.2. The van der Waals surface area contributed by atoms with E-state index in [1.165, 1.54) is 0 Å². The maximum absolute atomic E-state index is 12.7. The van der Waals surface area contributed by atoms with Crippen molar-refractivity contribution < 1.29 is 13.2 Å². The summed E-state index contributed by atoms with van der Waals surface area (Å²) < 4.78 is 28.8. The molecule has 1 atom stereocenters. The molecule has 0 bridgehead atoms. The second-order valence-electron chi connectivity index (χ2n) is 6.89. The zero-order chi connectivity index (χ0) is 18.2.